The van der Waals surface area contributed by atoms with Crippen LogP contribution < -0.4 is 4.74 Å². The van der Waals surface area contributed by atoms with Crippen LogP contribution in [0.2, 0.25) is 0 Å². The highest BCUT2D eigenvalue weighted by molar-refractivity contribution is 9.10. The molecule has 0 saturated heterocycles. The molecule has 0 heterocycles. The van der Waals surface area contributed by atoms with Crippen LogP contribution in [0.15, 0.2) is 22.7 Å². The molecule has 1 aliphatic carbocycles. The molecule has 1 N–H and O–H groups in total. The van der Waals surface area contributed by atoms with Gasteiger partial charge in [-0.3, -0.25) is 0 Å². The topological polar surface area (TPSA) is 38.7 Å². The Morgan fingerprint density at radius 3 is 2.58 bits per heavy atom. The summed E-state index contributed by atoms with van der Waals surface area (Å²) in [4.78, 5) is 0. The molecule has 0 atom stereocenters. The van der Waals surface area contributed by atoms with Gasteiger partial charge in [-0.15, -0.1) is 0 Å². The molecule has 0 spiro atoms. The molecule has 0 aromatic heterocycles. The number of ether oxygens (including phenoxy) is 2. The summed E-state index contributed by atoms with van der Waals surface area (Å²) in [6.45, 7) is 0.954. The number of aliphatic hydroxyl groups excluding tert-OH is 1. The first-order valence-corrected chi connectivity index (χ1v) is 7.57. The number of methoxy groups -OCH3 is 1. The predicted molar refractivity (Wildman–Crippen MR) is 78.3 cm³/mol. The number of benzene rings is 1. The molecular formula is C15H21BrO3. The largest absolute Gasteiger partial charge is 0.496 e. The first-order chi connectivity index (χ1) is 9.22. The number of rotatable bonds is 5. The fraction of sp³-hybridized carbons (Fsp3) is 0.600. The van der Waals surface area contributed by atoms with Crippen molar-refractivity contribution in [2.75, 3.05) is 13.7 Å². The Bertz CT molecular complexity index is 400. The zero-order chi connectivity index (χ0) is 13.7. The molecule has 106 valence electrons. The Morgan fingerprint density at radius 1 is 1.26 bits per heavy atom. The molecule has 1 fully saturated rings. The minimum atomic E-state index is 0.318. The lowest BCUT2D eigenvalue weighted by Gasteiger charge is -2.27. The summed E-state index contributed by atoms with van der Waals surface area (Å²) in [7, 11) is 1.66. The SMILES string of the molecule is COc1ccc(COC2CCC(CO)CC2)cc1Br. The van der Waals surface area contributed by atoms with Crippen molar-refractivity contribution in [3.8, 4) is 5.75 Å². The monoisotopic (exact) mass is 328 g/mol. The van der Waals surface area contributed by atoms with Gasteiger partial charge in [-0.05, 0) is 65.2 Å². The summed E-state index contributed by atoms with van der Waals surface area (Å²) < 4.78 is 12.1. The van der Waals surface area contributed by atoms with Gasteiger partial charge in [-0.25, -0.2) is 0 Å². The number of hydrogen-bond acceptors (Lipinski definition) is 3. The third-order valence-corrected chi connectivity index (χ3v) is 4.37. The summed E-state index contributed by atoms with van der Waals surface area (Å²) >= 11 is 3.48. The second-order valence-electron chi connectivity index (χ2n) is 5.11. The number of hydrogen-bond donors (Lipinski definition) is 1. The maximum Gasteiger partial charge on any atom is 0.133 e. The molecule has 3 nitrogen and oxygen atoms in total. The molecule has 0 aliphatic heterocycles. The van der Waals surface area contributed by atoms with Crippen molar-refractivity contribution < 1.29 is 14.6 Å². The molecule has 1 aromatic carbocycles. The Labute approximate surface area is 123 Å². The number of halogens is 1. The molecule has 19 heavy (non-hydrogen) atoms. The van der Waals surface area contributed by atoms with Crippen molar-refractivity contribution in [1.29, 1.82) is 0 Å². The minimum Gasteiger partial charge on any atom is -0.496 e. The summed E-state index contributed by atoms with van der Waals surface area (Å²) in [5.74, 6) is 1.32. The molecule has 4 heteroatoms. The average molecular weight is 329 g/mol. The third-order valence-electron chi connectivity index (χ3n) is 3.75. The summed E-state index contributed by atoms with van der Waals surface area (Å²) in [5.41, 5.74) is 1.15. The lowest BCUT2D eigenvalue weighted by Crippen LogP contribution is -2.23. The van der Waals surface area contributed by atoms with Gasteiger partial charge in [0.25, 0.3) is 0 Å². The fourth-order valence-corrected chi connectivity index (χ4v) is 3.08. The van der Waals surface area contributed by atoms with Gasteiger partial charge >= 0.3 is 0 Å². The van der Waals surface area contributed by atoms with Crippen molar-refractivity contribution in [3.63, 3.8) is 0 Å². The van der Waals surface area contributed by atoms with E-state index in [0.717, 1.165) is 41.5 Å². The van der Waals surface area contributed by atoms with Crippen molar-refractivity contribution in [2.45, 2.75) is 38.4 Å². The van der Waals surface area contributed by atoms with Gasteiger partial charge in [-0.1, -0.05) is 6.07 Å². The second kappa shape index (κ2) is 7.27. The van der Waals surface area contributed by atoms with E-state index in [9.17, 15) is 0 Å². The smallest absolute Gasteiger partial charge is 0.133 e. The van der Waals surface area contributed by atoms with E-state index < -0.39 is 0 Å². The standard InChI is InChI=1S/C15H21BrO3/c1-18-15-7-4-12(8-14(15)16)10-19-13-5-2-11(9-17)3-6-13/h4,7-8,11,13,17H,2-3,5-6,9-10H2,1H3. The maximum absolute atomic E-state index is 9.11. The third kappa shape index (κ3) is 4.20. The highest BCUT2D eigenvalue weighted by Gasteiger charge is 2.20. The first kappa shape index (κ1) is 14.8. The van der Waals surface area contributed by atoms with Gasteiger partial charge < -0.3 is 14.6 Å². The Morgan fingerprint density at radius 2 is 2.00 bits per heavy atom. The van der Waals surface area contributed by atoms with Crippen LogP contribution in [0.25, 0.3) is 0 Å². The van der Waals surface area contributed by atoms with Crippen molar-refractivity contribution >= 4 is 15.9 Å². The van der Waals surface area contributed by atoms with Crippen molar-refractivity contribution in [1.82, 2.24) is 0 Å². The summed E-state index contributed by atoms with van der Waals surface area (Å²) in [6.07, 6.45) is 4.61. The highest BCUT2D eigenvalue weighted by Crippen LogP contribution is 2.28. The van der Waals surface area contributed by atoms with Gasteiger partial charge in [0.15, 0.2) is 0 Å². The average Bonchev–Trinajstić information content (AvgIpc) is 2.46. The Kier molecular flexibility index (Phi) is 5.67. The van der Waals surface area contributed by atoms with E-state index in [1.165, 1.54) is 0 Å². The Balaban J connectivity index is 1.81. The molecule has 1 saturated carbocycles. The van der Waals surface area contributed by atoms with E-state index in [1.54, 1.807) is 7.11 Å². The fourth-order valence-electron chi connectivity index (χ4n) is 2.49. The number of aliphatic hydroxyl groups is 1. The van der Waals surface area contributed by atoms with Crippen LogP contribution in [-0.2, 0) is 11.3 Å². The van der Waals surface area contributed by atoms with Crippen LogP contribution in [0.4, 0.5) is 0 Å². The zero-order valence-electron chi connectivity index (χ0n) is 11.3. The van der Waals surface area contributed by atoms with E-state index >= 15 is 0 Å². The van der Waals surface area contributed by atoms with Crippen LogP contribution in [-0.4, -0.2) is 24.9 Å². The molecule has 2 rings (SSSR count). The van der Waals surface area contributed by atoms with E-state index in [1.807, 2.05) is 18.2 Å². The van der Waals surface area contributed by atoms with Gasteiger partial charge in [-0.2, -0.15) is 0 Å². The molecule has 1 aromatic rings. The normalized spacial score (nSPS) is 23.3. The van der Waals surface area contributed by atoms with Gasteiger partial charge in [0.2, 0.25) is 0 Å². The quantitative estimate of drug-likeness (QED) is 0.898. The van der Waals surface area contributed by atoms with Crippen LogP contribution in [0.3, 0.4) is 0 Å². The summed E-state index contributed by atoms with van der Waals surface area (Å²) in [6, 6.07) is 6.02. The van der Waals surface area contributed by atoms with Crippen LogP contribution in [0.5, 0.6) is 5.75 Å². The zero-order valence-corrected chi connectivity index (χ0v) is 12.9. The summed E-state index contributed by atoms with van der Waals surface area (Å²) in [5, 5.41) is 9.11. The van der Waals surface area contributed by atoms with E-state index in [2.05, 4.69) is 15.9 Å². The first-order valence-electron chi connectivity index (χ1n) is 6.77. The molecule has 1 aliphatic rings. The maximum atomic E-state index is 9.11. The van der Waals surface area contributed by atoms with Crippen molar-refractivity contribution in [2.24, 2.45) is 5.92 Å². The molecular weight excluding hydrogens is 308 g/mol. The van der Waals surface area contributed by atoms with Crippen LogP contribution in [0.1, 0.15) is 31.2 Å². The molecule has 0 radical (unpaired) electrons. The minimum absolute atomic E-state index is 0.318. The van der Waals surface area contributed by atoms with E-state index in [4.69, 9.17) is 14.6 Å². The second-order valence-corrected chi connectivity index (χ2v) is 5.96. The van der Waals surface area contributed by atoms with Gasteiger partial charge in [0.05, 0.1) is 24.3 Å². The van der Waals surface area contributed by atoms with E-state index in [-0.39, 0.29) is 0 Å². The lowest BCUT2D eigenvalue weighted by atomic mass is 9.88. The lowest BCUT2D eigenvalue weighted by molar-refractivity contribution is 0.00117. The predicted octanol–water partition coefficient (Wildman–Crippen LogP) is 3.53. The highest BCUT2D eigenvalue weighted by atomic mass is 79.9. The van der Waals surface area contributed by atoms with Crippen LogP contribution in [0, 0.1) is 5.92 Å². The molecule has 0 amide bonds. The Hall–Kier alpha value is -0.580. The van der Waals surface area contributed by atoms with E-state index in [0.29, 0.717) is 25.2 Å². The van der Waals surface area contributed by atoms with Gasteiger partial charge in [0.1, 0.15) is 5.75 Å². The molecule has 0 unspecified atom stereocenters. The van der Waals surface area contributed by atoms with Crippen molar-refractivity contribution in [3.05, 3.63) is 28.2 Å². The van der Waals surface area contributed by atoms with Gasteiger partial charge in [0, 0.05) is 6.61 Å². The van der Waals surface area contributed by atoms with Crippen LogP contribution >= 0.6 is 15.9 Å². The molecule has 0 bridgehead atoms.